The molecule has 0 spiro atoms. The number of nitrogens with one attached hydrogen (secondary N) is 1. The van der Waals surface area contributed by atoms with Crippen molar-refractivity contribution in [3.05, 3.63) is 46.2 Å². The average Bonchev–Trinajstić information content (AvgIpc) is 2.91. The zero-order valence-corrected chi connectivity index (χ0v) is 13.4. The molecular weight excluding hydrogens is 291 g/mol. The molecule has 5 heteroatoms. The molecule has 1 atom stereocenters. The van der Waals surface area contributed by atoms with E-state index in [1.807, 2.05) is 6.07 Å². The lowest BCUT2D eigenvalue weighted by Crippen LogP contribution is -2.19. The molecule has 20 heavy (non-hydrogen) atoms. The van der Waals surface area contributed by atoms with Gasteiger partial charge in [-0.25, -0.2) is 9.37 Å². The maximum Gasteiger partial charge on any atom is 0.124 e. The highest BCUT2D eigenvalue weighted by Crippen LogP contribution is 2.26. The van der Waals surface area contributed by atoms with Crippen LogP contribution in [0.15, 0.2) is 34.5 Å². The first-order valence-electron chi connectivity index (χ1n) is 6.75. The Morgan fingerprint density at radius 1 is 1.45 bits per heavy atom. The van der Waals surface area contributed by atoms with Crippen LogP contribution < -0.4 is 5.32 Å². The van der Waals surface area contributed by atoms with E-state index in [-0.39, 0.29) is 5.82 Å². The summed E-state index contributed by atoms with van der Waals surface area (Å²) in [5.41, 5.74) is 1.10. The van der Waals surface area contributed by atoms with E-state index >= 15 is 0 Å². The van der Waals surface area contributed by atoms with E-state index < -0.39 is 0 Å². The third-order valence-electron chi connectivity index (χ3n) is 2.87. The predicted molar refractivity (Wildman–Crippen MR) is 84.8 cm³/mol. The molecule has 2 aromatic rings. The Kier molecular flexibility index (Phi) is 6.01. The van der Waals surface area contributed by atoms with Crippen molar-refractivity contribution in [2.75, 3.05) is 6.54 Å². The van der Waals surface area contributed by atoms with E-state index in [4.69, 9.17) is 0 Å². The second-order valence-corrected chi connectivity index (χ2v) is 6.58. The van der Waals surface area contributed by atoms with Crippen molar-refractivity contribution in [3.8, 4) is 0 Å². The van der Waals surface area contributed by atoms with Crippen LogP contribution in [-0.2, 0) is 5.75 Å². The van der Waals surface area contributed by atoms with Gasteiger partial charge in [-0.3, -0.25) is 0 Å². The number of benzene rings is 1. The van der Waals surface area contributed by atoms with Crippen molar-refractivity contribution in [3.63, 3.8) is 0 Å². The summed E-state index contributed by atoms with van der Waals surface area (Å²) >= 11 is 3.29. The molecule has 0 fully saturated rings. The third kappa shape index (κ3) is 4.58. The third-order valence-corrected chi connectivity index (χ3v) is 4.93. The van der Waals surface area contributed by atoms with Gasteiger partial charge in [0, 0.05) is 16.3 Å². The highest BCUT2D eigenvalue weighted by atomic mass is 32.2. The summed E-state index contributed by atoms with van der Waals surface area (Å²) in [6, 6.07) is 6.98. The summed E-state index contributed by atoms with van der Waals surface area (Å²) in [6.07, 6.45) is 1.12. The SMILES string of the molecule is CCCNC(C)c1csc(CSc2cccc(F)c2)n1. The van der Waals surface area contributed by atoms with Crippen molar-refractivity contribution in [2.24, 2.45) is 0 Å². The molecule has 2 rings (SSSR count). The van der Waals surface area contributed by atoms with Crippen molar-refractivity contribution < 1.29 is 4.39 Å². The number of aromatic nitrogens is 1. The second-order valence-electron chi connectivity index (χ2n) is 4.59. The van der Waals surface area contributed by atoms with Gasteiger partial charge in [0.05, 0.1) is 11.4 Å². The van der Waals surface area contributed by atoms with Gasteiger partial charge in [-0.15, -0.1) is 23.1 Å². The highest BCUT2D eigenvalue weighted by Gasteiger charge is 2.09. The van der Waals surface area contributed by atoms with Crippen molar-refractivity contribution >= 4 is 23.1 Å². The van der Waals surface area contributed by atoms with Crippen LogP contribution in [0.25, 0.3) is 0 Å². The maximum atomic E-state index is 13.1. The topological polar surface area (TPSA) is 24.9 Å². The van der Waals surface area contributed by atoms with Crippen LogP contribution in [0.4, 0.5) is 4.39 Å². The number of thiazole rings is 1. The summed E-state index contributed by atoms with van der Waals surface area (Å²) in [6.45, 7) is 5.29. The standard InChI is InChI=1S/C15H19FN2S2/c1-3-7-17-11(2)14-9-20-15(18-14)10-19-13-6-4-5-12(16)8-13/h4-6,8-9,11,17H,3,7,10H2,1-2H3. The molecule has 0 aliphatic carbocycles. The van der Waals surface area contributed by atoms with E-state index in [0.29, 0.717) is 6.04 Å². The van der Waals surface area contributed by atoms with Crippen molar-refractivity contribution in [2.45, 2.75) is 37.0 Å². The Balaban J connectivity index is 1.89. The number of halogens is 1. The molecule has 0 amide bonds. The van der Waals surface area contributed by atoms with Gasteiger partial charge >= 0.3 is 0 Å². The Morgan fingerprint density at radius 2 is 2.30 bits per heavy atom. The fourth-order valence-electron chi connectivity index (χ4n) is 1.76. The number of hydrogen-bond donors (Lipinski definition) is 1. The van der Waals surface area contributed by atoms with Gasteiger partial charge in [0.25, 0.3) is 0 Å². The Hall–Kier alpha value is -0.910. The lowest BCUT2D eigenvalue weighted by molar-refractivity contribution is 0.560. The molecule has 0 radical (unpaired) electrons. The van der Waals surface area contributed by atoms with E-state index in [0.717, 1.165) is 34.3 Å². The monoisotopic (exact) mass is 310 g/mol. The second kappa shape index (κ2) is 7.76. The first-order chi connectivity index (χ1) is 9.69. The van der Waals surface area contributed by atoms with Crippen molar-refractivity contribution in [1.82, 2.24) is 10.3 Å². The fraction of sp³-hybridized carbons (Fsp3) is 0.400. The molecule has 0 bridgehead atoms. The largest absolute Gasteiger partial charge is 0.309 e. The summed E-state index contributed by atoms with van der Waals surface area (Å²) in [7, 11) is 0. The predicted octanol–water partition coefficient (Wildman–Crippen LogP) is 4.64. The van der Waals surface area contributed by atoms with Gasteiger partial charge in [-0.05, 0) is 38.1 Å². The molecule has 108 valence electrons. The van der Waals surface area contributed by atoms with Crippen LogP contribution in [0.5, 0.6) is 0 Å². The first-order valence-corrected chi connectivity index (χ1v) is 8.61. The molecule has 1 aromatic carbocycles. The quantitative estimate of drug-likeness (QED) is 0.754. The molecule has 1 aromatic heterocycles. The Labute approximate surface area is 127 Å². The lowest BCUT2D eigenvalue weighted by atomic mass is 10.2. The van der Waals surface area contributed by atoms with Crippen LogP contribution in [0, 0.1) is 5.82 Å². The molecule has 1 unspecified atom stereocenters. The molecule has 0 saturated heterocycles. The highest BCUT2D eigenvalue weighted by molar-refractivity contribution is 7.98. The minimum Gasteiger partial charge on any atom is -0.309 e. The zero-order valence-electron chi connectivity index (χ0n) is 11.7. The van der Waals surface area contributed by atoms with Crippen LogP contribution in [0.2, 0.25) is 0 Å². The van der Waals surface area contributed by atoms with Crippen molar-refractivity contribution in [1.29, 1.82) is 0 Å². The van der Waals surface area contributed by atoms with Crippen LogP contribution in [0.1, 0.15) is 37.0 Å². The number of rotatable bonds is 7. The maximum absolute atomic E-state index is 13.1. The molecule has 0 aliphatic rings. The van der Waals surface area contributed by atoms with Crippen LogP contribution in [-0.4, -0.2) is 11.5 Å². The molecule has 0 saturated carbocycles. The zero-order chi connectivity index (χ0) is 14.4. The van der Waals surface area contributed by atoms with E-state index in [2.05, 4.69) is 29.5 Å². The summed E-state index contributed by atoms with van der Waals surface area (Å²) in [5.74, 6) is 0.599. The van der Waals surface area contributed by atoms with Gasteiger partial charge in [0.15, 0.2) is 0 Å². The van der Waals surface area contributed by atoms with Gasteiger partial charge < -0.3 is 5.32 Å². The van der Waals surface area contributed by atoms with E-state index in [9.17, 15) is 4.39 Å². The fourth-order valence-corrected chi connectivity index (χ4v) is 3.60. The number of nitrogens with zero attached hydrogens (tertiary/aromatic N) is 1. The smallest absolute Gasteiger partial charge is 0.124 e. The summed E-state index contributed by atoms with van der Waals surface area (Å²) in [4.78, 5) is 5.59. The molecular formula is C15H19FN2S2. The summed E-state index contributed by atoms with van der Waals surface area (Å²) in [5, 5.41) is 6.62. The van der Waals surface area contributed by atoms with E-state index in [1.54, 1.807) is 35.2 Å². The van der Waals surface area contributed by atoms with Gasteiger partial charge in [0.2, 0.25) is 0 Å². The minimum absolute atomic E-state index is 0.188. The Bertz CT molecular complexity index is 542. The molecule has 1 heterocycles. The lowest BCUT2D eigenvalue weighted by Gasteiger charge is -2.09. The minimum atomic E-state index is -0.188. The van der Waals surface area contributed by atoms with Gasteiger partial charge in [0.1, 0.15) is 10.8 Å². The first kappa shape index (κ1) is 15.5. The van der Waals surface area contributed by atoms with Crippen LogP contribution in [0.3, 0.4) is 0 Å². The molecule has 1 N–H and O–H groups in total. The number of hydrogen-bond acceptors (Lipinski definition) is 4. The number of thioether (sulfide) groups is 1. The normalized spacial score (nSPS) is 12.6. The molecule has 0 aliphatic heterocycles. The van der Waals surface area contributed by atoms with Gasteiger partial charge in [-0.1, -0.05) is 13.0 Å². The van der Waals surface area contributed by atoms with Crippen LogP contribution >= 0.6 is 23.1 Å². The molecule has 2 nitrogen and oxygen atoms in total. The van der Waals surface area contributed by atoms with Gasteiger partial charge in [-0.2, -0.15) is 0 Å². The van der Waals surface area contributed by atoms with E-state index in [1.165, 1.54) is 6.07 Å². The average molecular weight is 310 g/mol. The Morgan fingerprint density at radius 3 is 3.05 bits per heavy atom. The summed E-state index contributed by atoms with van der Waals surface area (Å²) < 4.78 is 13.1.